The largest absolute Gasteiger partial charge is 0.186 e. The van der Waals surface area contributed by atoms with E-state index in [1.54, 1.807) is 0 Å². The van der Waals surface area contributed by atoms with Gasteiger partial charge in [-0.15, -0.1) is 0 Å². The maximum absolute atomic E-state index is 4.84. The average Bonchev–Trinajstić information content (AvgIpc) is 2.55. The summed E-state index contributed by atoms with van der Waals surface area (Å²) in [5.41, 5.74) is 1.49. The summed E-state index contributed by atoms with van der Waals surface area (Å²) in [6.45, 7) is 7.07. The zero-order chi connectivity index (χ0) is 12.6. The van der Waals surface area contributed by atoms with Crippen LogP contribution in [0.15, 0.2) is 40.6 Å². The van der Waals surface area contributed by atoms with Crippen molar-refractivity contribution >= 4 is 0 Å². The smallest absolute Gasteiger partial charge is 0.117 e. The fourth-order valence-corrected chi connectivity index (χ4v) is 4.89. The Balaban J connectivity index is 1.98. The zero-order valence-corrected chi connectivity index (χ0v) is 11.4. The molecule has 0 saturated heterocycles. The van der Waals surface area contributed by atoms with Crippen molar-refractivity contribution in [2.45, 2.75) is 44.7 Å². The summed E-state index contributed by atoms with van der Waals surface area (Å²) in [7, 11) is 0. The fraction of sp³-hybridized carbons (Fsp3) is 0.625. The molecule has 3 aliphatic rings. The van der Waals surface area contributed by atoms with Crippen LogP contribution >= 0.6 is 0 Å². The molecule has 94 valence electrons. The Morgan fingerprint density at radius 1 is 0.944 bits per heavy atom. The van der Waals surface area contributed by atoms with Crippen LogP contribution in [0.25, 0.3) is 0 Å². The van der Waals surface area contributed by atoms with Gasteiger partial charge >= 0.3 is 0 Å². The van der Waals surface area contributed by atoms with Crippen LogP contribution in [0.5, 0.6) is 0 Å². The maximum Gasteiger partial charge on any atom is 0.117 e. The Bertz CT molecular complexity index is 533. The average molecular weight is 240 g/mol. The van der Waals surface area contributed by atoms with E-state index in [-0.39, 0.29) is 16.5 Å². The van der Waals surface area contributed by atoms with Crippen LogP contribution in [-0.2, 0) is 5.54 Å². The van der Waals surface area contributed by atoms with Crippen molar-refractivity contribution < 1.29 is 0 Å². The lowest BCUT2D eigenvalue weighted by Gasteiger charge is -2.44. The van der Waals surface area contributed by atoms with E-state index in [2.05, 4.69) is 51.1 Å². The second-order valence-corrected chi connectivity index (χ2v) is 6.90. The molecule has 2 fully saturated rings. The summed E-state index contributed by atoms with van der Waals surface area (Å²) in [5, 5.41) is 9.58. The monoisotopic (exact) mass is 240 g/mol. The summed E-state index contributed by atoms with van der Waals surface area (Å²) in [6, 6.07) is 10.8. The Morgan fingerprint density at radius 2 is 1.61 bits per heavy atom. The Morgan fingerprint density at radius 3 is 2.17 bits per heavy atom. The van der Waals surface area contributed by atoms with Crippen molar-refractivity contribution in [3.8, 4) is 0 Å². The first kappa shape index (κ1) is 10.7. The lowest BCUT2D eigenvalue weighted by atomic mass is 9.63. The van der Waals surface area contributed by atoms with Gasteiger partial charge < -0.3 is 0 Å². The third-order valence-corrected chi connectivity index (χ3v) is 6.38. The van der Waals surface area contributed by atoms with Gasteiger partial charge in [-0.25, -0.2) is 0 Å². The number of rotatable bonds is 1. The van der Waals surface area contributed by atoms with Crippen molar-refractivity contribution in [3.63, 3.8) is 0 Å². The highest BCUT2D eigenvalue weighted by molar-refractivity contribution is 5.40. The molecule has 4 atom stereocenters. The van der Waals surface area contributed by atoms with Gasteiger partial charge in [0.05, 0.1) is 5.54 Å². The van der Waals surface area contributed by atoms with Crippen molar-refractivity contribution in [1.29, 1.82) is 0 Å². The highest BCUT2D eigenvalue weighted by Crippen LogP contribution is 2.75. The molecule has 2 heteroatoms. The van der Waals surface area contributed by atoms with Gasteiger partial charge in [-0.1, -0.05) is 44.2 Å². The van der Waals surface area contributed by atoms with Crippen molar-refractivity contribution in [1.82, 2.24) is 0 Å². The van der Waals surface area contributed by atoms with E-state index < -0.39 is 0 Å². The van der Waals surface area contributed by atoms with Gasteiger partial charge in [0.1, 0.15) is 5.54 Å². The van der Waals surface area contributed by atoms with Crippen LogP contribution in [-0.4, -0.2) is 5.54 Å². The minimum absolute atomic E-state index is 0.0474. The molecule has 0 aromatic heterocycles. The molecule has 0 unspecified atom stereocenters. The van der Waals surface area contributed by atoms with Gasteiger partial charge in [0.2, 0.25) is 0 Å². The molecule has 4 rings (SSSR count). The summed E-state index contributed by atoms with van der Waals surface area (Å²) >= 11 is 0. The Labute approximate surface area is 109 Å². The number of fused-ring (bicyclic) bond motifs is 5. The molecule has 1 aliphatic heterocycles. The minimum Gasteiger partial charge on any atom is -0.186 e. The molecular weight excluding hydrogens is 220 g/mol. The van der Waals surface area contributed by atoms with Crippen LogP contribution in [0.3, 0.4) is 0 Å². The predicted octanol–water partition coefficient (Wildman–Crippen LogP) is 4.17. The molecule has 0 spiro atoms. The number of nitrogens with zero attached hydrogens (tertiary/aromatic N) is 2. The highest BCUT2D eigenvalue weighted by Gasteiger charge is 2.77. The maximum atomic E-state index is 4.84. The summed E-state index contributed by atoms with van der Waals surface area (Å²) < 4.78 is 0. The molecule has 0 N–H and O–H groups in total. The molecule has 2 bridgehead atoms. The van der Waals surface area contributed by atoms with Gasteiger partial charge in [0, 0.05) is 5.41 Å². The topological polar surface area (TPSA) is 24.7 Å². The van der Waals surface area contributed by atoms with Crippen molar-refractivity contribution in [2.24, 2.45) is 27.5 Å². The summed E-state index contributed by atoms with van der Waals surface area (Å²) in [4.78, 5) is 0. The van der Waals surface area contributed by atoms with Gasteiger partial charge in [-0.2, -0.15) is 10.2 Å². The van der Waals surface area contributed by atoms with Crippen molar-refractivity contribution in [3.05, 3.63) is 35.9 Å². The van der Waals surface area contributed by atoms with Gasteiger partial charge in [-0.05, 0) is 37.2 Å². The van der Waals surface area contributed by atoms with Crippen LogP contribution in [0, 0.1) is 17.3 Å². The van der Waals surface area contributed by atoms with Gasteiger partial charge in [-0.3, -0.25) is 0 Å². The van der Waals surface area contributed by atoms with Gasteiger partial charge in [0.15, 0.2) is 0 Å². The lowest BCUT2D eigenvalue weighted by molar-refractivity contribution is 0.0904. The summed E-state index contributed by atoms with van der Waals surface area (Å²) in [6.07, 6.45) is 2.65. The van der Waals surface area contributed by atoms with E-state index in [4.69, 9.17) is 10.2 Å². The van der Waals surface area contributed by atoms with E-state index in [9.17, 15) is 0 Å². The number of hydrogen-bond donors (Lipinski definition) is 0. The first-order valence-corrected chi connectivity index (χ1v) is 7.04. The third-order valence-electron chi connectivity index (χ3n) is 6.38. The molecule has 2 saturated carbocycles. The quantitative estimate of drug-likeness (QED) is 0.703. The molecular formula is C16H20N2. The Hall–Kier alpha value is -1.18. The van der Waals surface area contributed by atoms with E-state index >= 15 is 0 Å². The van der Waals surface area contributed by atoms with Crippen LogP contribution < -0.4 is 0 Å². The predicted molar refractivity (Wildman–Crippen MR) is 71.4 cm³/mol. The molecule has 2 nitrogen and oxygen atoms in total. The molecule has 1 heterocycles. The molecule has 1 aromatic rings. The normalized spacial score (nSPS) is 46.8. The van der Waals surface area contributed by atoms with Crippen LogP contribution in [0.1, 0.15) is 39.2 Å². The summed E-state index contributed by atoms with van der Waals surface area (Å²) in [5.74, 6) is 1.45. The fourth-order valence-electron chi connectivity index (χ4n) is 4.89. The second kappa shape index (κ2) is 2.87. The molecule has 18 heavy (non-hydrogen) atoms. The third kappa shape index (κ3) is 0.818. The lowest BCUT2D eigenvalue weighted by Crippen LogP contribution is -2.43. The molecule has 0 amide bonds. The number of azo groups is 1. The van der Waals surface area contributed by atoms with Crippen LogP contribution in [0.4, 0.5) is 0 Å². The van der Waals surface area contributed by atoms with E-state index in [1.165, 1.54) is 18.4 Å². The first-order valence-electron chi connectivity index (χ1n) is 7.04. The molecule has 0 radical (unpaired) electrons. The molecule has 1 aromatic carbocycles. The van der Waals surface area contributed by atoms with E-state index in [1.807, 2.05) is 0 Å². The highest BCUT2D eigenvalue weighted by atomic mass is 15.3. The SMILES string of the molecule is CC1(C)[C@]2(C)N=N[C@@]1(c1ccccc1)[C@H]1CC[C@H]12. The first-order chi connectivity index (χ1) is 8.54. The standard InChI is InChI=1S/C16H20N2/c1-14(2)15(3)12-9-10-13(12)16(14,18-17-15)11-7-5-4-6-8-11/h4-8,12-13H,9-10H2,1-3H3/t12-,13+,15-,16+/m1/s1. The molecule has 2 aliphatic carbocycles. The minimum atomic E-state index is -0.0636. The van der Waals surface area contributed by atoms with Gasteiger partial charge in [0.25, 0.3) is 0 Å². The second-order valence-electron chi connectivity index (χ2n) is 6.90. The van der Waals surface area contributed by atoms with Crippen molar-refractivity contribution in [2.75, 3.05) is 0 Å². The Kier molecular flexibility index (Phi) is 1.71. The zero-order valence-electron chi connectivity index (χ0n) is 11.4. The van der Waals surface area contributed by atoms with E-state index in [0.717, 1.165) is 5.92 Å². The number of benzene rings is 1. The van der Waals surface area contributed by atoms with Crippen LogP contribution in [0.2, 0.25) is 0 Å². The number of hydrogen-bond acceptors (Lipinski definition) is 2. The van der Waals surface area contributed by atoms with E-state index in [0.29, 0.717) is 5.92 Å².